The van der Waals surface area contributed by atoms with Gasteiger partial charge in [-0.05, 0) is 43.4 Å². The minimum absolute atomic E-state index is 0.0640. The maximum atomic E-state index is 12.7. The summed E-state index contributed by atoms with van der Waals surface area (Å²) >= 11 is 0. The molecule has 1 aromatic rings. The van der Waals surface area contributed by atoms with Gasteiger partial charge in [0.1, 0.15) is 5.82 Å². The SMILES string of the molecule is NC1(C(=O)NCCc2ccc(F)cc2)CCC1. The van der Waals surface area contributed by atoms with Crippen molar-refractivity contribution in [2.45, 2.75) is 31.2 Å². The molecular formula is C13H17FN2O. The molecule has 0 heterocycles. The van der Waals surface area contributed by atoms with E-state index >= 15 is 0 Å². The zero-order chi connectivity index (χ0) is 12.3. The molecule has 1 saturated carbocycles. The van der Waals surface area contributed by atoms with Gasteiger partial charge in [-0.3, -0.25) is 4.79 Å². The van der Waals surface area contributed by atoms with Crippen LogP contribution in [0.5, 0.6) is 0 Å². The first kappa shape index (κ1) is 12.0. The second-order valence-corrected chi connectivity index (χ2v) is 4.64. The van der Waals surface area contributed by atoms with Crippen molar-refractivity contribution in [3.05, 3.63) is 35.6 Å². The predicted octanol–water partition coefficient (Wildman–Crippen LogP) is 1.37. The van der Waals surface area contributed by atoms with Gasteiger partial charge in [-0.2, -0.15) is 0 Å². The molecule has 0 bridgehead atoms. The smallest absolute Gasteiger partial charge is 0.240 e. The van der Waals surface area contributed by atoms with Gasteiger partial charge in [-0.25, -0.2) is 4.39 Å². The van der Waals surface area contributed by atoms with Gasteiger partial charge in [-0.15, -0.1) is 0 Å². The number of carbonyl (C=O) groups excluding carboxylic acids is 1. The number of rotatable bonds is 4. The topological polar surface area (TPSA) is 55.1 Å². The molecule has 4 heteroatoms. The van der Waals surface area contributed by atoms with Crippen LogP contribution in [0.3, 0.4) is 0 Å². The van der Waals surface area contributed by atoms with Crippen molar-refractivity contribution in [2.24, 2.45) is 5.73 Å². The van der Waals surface area contributed by atoms with Crippen LogP contribution >= 0.6 is 0 Å². The zero-order valence-corrected chi connectivity index (χ0v) is 9.71. The molecule has 17 heavy (non-hydrogen) atoms. The molecule has 1 amide bonds. The van der Waals surface area contributed by atoms with E-state index in [1.165, 1.54) is 12.1 Å². The number of amides is 1. The minimum Gasteiger partial charge on any atom is -0.354 e. The largest absolute Gasteiger partial charge is 0.354 e. The average molecular weight is 236 g/mol. The van der Waals surface area contributed by atoms with Crippen molar-refractivity contribution in [3.8, 4) is 0 Å². The van der Waals surface area contributed by atoms with Gasteiger partial charge in [0.15, 0.2) is 0 Å². The van der Waals surface area contributed by atoms with Crippen LogP contribution in [-0.4, -0.2) is 18.0 Å². The summed E-state index contributed by atoms with van der Waals surface area (Å²) in [4.78, 5) is 11.7. The number of hydrogen-bond donors (Lipinski definition) is 2. The third-order valence-electron chi connectivity index (χ3n) is 3.31. The van der Waals surface area contributed by atoms with Gasteiger partial charge in [0.25, 0.3) is 0 Å². The second kappa shape index (κ2) is 4.84. The molecule has 0 spiro atoms. The van der Waals surface area contributed by atoms with Crippen LogP contribution < -0.4 is 11.1 Å². The lowest BCUT2D eigenvalue weighted by molar-refractivity contribution is -0.129. The Hall–Kier alpha value is -1.42. The lowest BCUT2D eigenvalue weighted by Crippen LogP contribution is -2.58. The standard InChI is InChI=1S/C13H17FN2O/c14-11-4-2-10(3-5-11)6-9-16-12(17)13(15)7-1-8-13/h2-5H,1,6-9,15H2,(H,16,17). The molecule has 0 unspecified atom stereocenters. The van der Waals surface area contributed by atoms with Crippen LogP contribution in [0.15, 0.2) is 24.3 Å². The van der Waals surface area contributed by atoms with Crippen LogP contribution in [0.1, 0.15) is 24.8 Å². The maximum absolute atomic E-state index is 12.7. The molecule has 1 aromatic carbocycles. The zero-order valence-electron chi connectivity index (χ0n) is 9.71. The average Bonchev–Trinajstić information content (AvgIpc) is 2.28. The van der Waals surface area contributed by atoms with Gasteiger partial charge < -0.3 is 11.1 Å². The monoisotopic (exact) mass is 236 g/mol. The summed E-state index contributed by atoms with van der Waals surface area (Å²) in [6.45, 7) is 0.545. The highest BCUT2D eigenvalue weighted by molar-refractivity contribution is 5.86. The summed E-state index contributed by atoms with van der Waals surface area (Å²) in [5, 5.41) is 2.83. The number of carbonyl (C=O) groups is 1. The summed E-state index contributed by atoms with van der Waals surface area (Å²) in [7, 11) is 0. The highest BCUT2D eigenvalue weighted by Gasteiger charge is 2.39. The fourth-order valence-corrected chi connectivity index (χ4v) is 1.93. The van der Waals surface area contributed by atoms with Crippen molar-refractivity contribution in [1.29, 1.82) is 0 Å². The fourth-order valence-electron chi connectivity index (χ4n) is 1.93. The Kier molecular flexibility index (Phi) is 3.43. The molecular weight excluding hydrogens is 219 g/mol. The molecule has 1 aliphatic carbocycles. The first-order chi connectivity index (χ1) is 8.10. The van der Waals surface area contributed by atoms with E-state index in [9.17, 15) is 9.18 Å². The van der Waals surface area contributed by atoms with Crippen LogP contribution in [0.2, 0.25) is 0 Å². The Bertz CT molecular complexity index is 398. The molecule has 0 atom stereocenters. The van der Waals surface area contributed by atoms with Crippen molar-refractivity contribution in [3.63, 3.8) is 0 Å². The van der Waals surface area contributed by atoms with Gasteiger partial charge in [0.05, 0.1) is 5.54 Å². The van der Waals surface area contributed by atoms with E-state index in [0.29, 0.717) is 13.0 Å². The lowest BCUT2D eigenvalue weighted by atomic mass is 9.77. The highest BCUT2D eigenvalue weighted by atomic mass is 19.1. The summed E-state index contributed by atoms with van der Waals surface area (Å²) in [6.07, 6.45) is 3.27. The van der Waals surface area contributed by atoms with Gasteiger partial charge in [-0.1, -0.05) is 12.1 Å². The molecule has 0 aromatic heterocycles. The third kappa shape index (κ3) is 2.82. The molecule has 0 radical (unpaired) electrons. The maximum Gasteiger partial charge on any atom is 0.240 e. The second-order valence-electron chi connectivity index (χ2n) is 4.64. The molecule has 1 aliphatic rings. The van der Waals surface area contributed by atoms with Crippen molar-refractivity contribution in [2.75, 3.05) is 6.54 Å². The normalized spacial score (nSPS) is 17.3. The van der Waals surface area contributed by atoms with Crippen molar-refractivity contribution < 1.29 is 9.18 Å². The van der Waals surface area contributed by atoms with Crippen LogP contribution in [0.25, 0.3) is 0 Å². The summed E-state index contributed by atoms with van der Waals surface area (Å²) in [5.74, 6) is -0.306. The molecule has 92 valence electrons. The van der Waals surface area contributed by atoms with E-state index in [4.69, 9.17) is 5.73 Å². The van der Waals surface area contributed by atoms with Gasteiger partial charge in [0, 0.05) is 6.54 Å². The number of hydrogen-bond acceptors (Lipinski definition) is 2. The first-order valence-corrected chi connectivity index (χ1v) is 5.92. The van der Waals surface area contributed by atoms with Gasteiger partial charge in [0.2, 0.25) is 5.91 Å². The quantitative estimate of drug-likeness (QED) is 0.829. The number of benzene rings is 1. The molecule has 0 aliphatic heterocycles. The summed E-state index contributed by atoms with van der Waals surface area (Å²) < 4.78 is 12.7. The summed E-state index contributed by atoms with van der Waals surface area (Å²) in [5.41, 5.74) is 6.25. The summed E-state index contributed by atoms with van der Waals surface area (Å²) in [6, 6.07) is 6.30. The van der Waals surface area contributed by atoms with E-state index < -0.39 is 5.54 Å². The minimum atomic E-state index is -0.636. The molecule has 2 rings (SSSR count). The van der Waals surface area contributed by atoms with E-state index in [2.05, 4.69) is 5.32 Å². The molecule has 3 nitrogen and oxygen atoms in total. The molecule has 3 N–H and O–H groups in total. The number of halogens is 1. The Balaban J connectivity index is 1.76. The number of nitrogens with one attached hydrogen (secondary N) is 1. The van der Waals surface area contributed by atoms with E-state index in [-0.39, 0.29) is 11.7 Å². The predicted molar refractivity (Wildman–Crippen MR) is 63.9 cm³/mol. The molecule has 1 fully saturated rings. The fraction of sp³-hybridized carbons (Fsp3) is 0.462. The van der Waals surface area contributed by atoms with Crippen LogP contribution in [0.4, 0.5) is 4.39 Å². The Morgan fingerprint density at radius 2 is 2.00 bits per heavy atom. The Morgan fingerprint density at radius 3 is 2.53 bits per heavy atom. The van der Waals surface area contributed by atoms with E-state index in [0.717, 1.165) is 24.8 Å². The first-order valence-electron chi connectivity index (χ1n) is 5.92. The highest BCUT2D eigenvalue weighted by Crippen LogP contribution is 2.28. The van der Waals surface area contributed by atoms with Crippen LogP contribution in [0, 0.1) is 5.82 Å². The molecule has 0 saturated heterocycles. The third-order valence-corrected chi connectivity index (χ3v) is 3.31. The Labute approximate surface area is 100 Å². The number of nitrogens with two attached hydrogens (primary N) is 1. The van der Waals surface area contributed by atoms with Gasteiger partial charge >= 0.3 is 0 Å². The van der Waals surface area contributed by atoms with Crippen molar-refractivity contribution in [1.82, 2.24) is 5.32 Å². The van der Waals surface area contributed by atoms with E-state index in [1.54, 1.807) is 12.1 Å². The Morgan fingerprint density at radius 1 is 1.35 bits per heavy atom. The van der Waals surface area contributed by atoms with E-state index in [1.807, 2.05) is 0 Å². The van der Waals surface area contributed by atoms with Crippen LogP contribution in [-0.2, 0) is 11.2 Å². The lowest BCUT2D eigenvalue weighted by Gasteiger charge is -2.36. The van der Waals surface area contributed by atoms with Crippen molar-refractivity contribution >= 4 is 5.91 Å².